The molecule has 1 aliphatic carbocycles. The van der Waals surface area contributed by atoms with Crippen LogP contribution in [0.5, 0.6) is 5.75 Å². The van der Waals surface area contributed by atoms with Gasteiger partial charge in [0.25, 0.3) is 0 Å². The van der Waals surface area contributed by atoms with Gasteiger partial charge in [0.05, 0.1) is 7.11 Å². The van der Waals surface area contributed by atoms with Gasteiger partial charge >= 0.3 is 0 Å². The Morgan fingerprint density at radius 3 is 3.07 bits per heavy atom. The predicted molar refractivity (Wildman–Crippen MR) is 52.1 cm³/mol. The number of carbonyl (C=O) groups is 1. The molecule has 1 amide bonds. The topological polar surface area (TPSA) is 51.2 Å². The first-order valence-electron chi connectivity index (χ1n) is 4.61. The average Bonchev–Trinajstić information content (AvgIpc) is 3.02. The van der Waals surface area contributed by atoms with E-state index in [0.717, 1.165) is 12.8 Å². The third-order valence-corrected chi connectivity index (χ3v) is 2.18. The Labute approximate surface area is 82.3 Å². The summed E-state index contributed by atoms with van der Waals surface area (Å²) in [5.74, 6) is 1.33. The van der Waals surface area contributed by atoms with Gasteiger partial charge in [-0.2, -0.15) is 0 Å². The number of methoxy groups -OCH3 is 1. The average molecular weight is 192 g/mol. The van der Waals surface area contributed by atoms with Crippen molar-refractivity contribution in [3.05, 3.63) is 18.3 Å². The van der Waals surface area contributed by atoms with Gasteiger partial charge in [-0.15, -0.1) is 0 Å². The van der Waals surface area contributed by atoms with Gasteiger partial charge in [0.2, 0.25) is 5.91 Å². The molecule has 1 aromatic heterocycles. The van der Waals surface area contributed by atoms with Crippen LogP contribution in [-0.2, 0) is 4.79 Å². The summed E-state index contributed by atoms with van der Waals surface area (Å²) in [6, 6.07) is 3.54. The minimum Gasteiger partial charge on any atom is -0.493 e. The Hall–Kier alpha value is -1.58. The first-order valence-corrected chi connectivity index (χ1v) is 4.61. The molecular weight excluding hydrogens is 180 g/mol. The molecule has 0 radical (unpaired) electrons. The highest BCUT2D eigenvalue weighted by molar-refractivity contribution is 5.94. The molecular formula is C10H12N2O2. The van der Waals surface area contributed by atoms with Crippen LogP contribution in [0.3, 0.4) is 0 Å². The van der Waals surface area contributed by atoms with Crippen molar-refractivity contribution in [3.8, 4) is 5.75 Å². The van der Waals surface area contributed by atoms with Crippen molar-refractivity contribution in [2.75, 3.05) is 12.4 Å². The number of ether oxygens (including phenoxy) is 1. The van der Waals surface area contributed by atoms with Crippen molar-refractivity contribution in [3.63, 3.8) is 0 Å². The maximum atomic E-state index is 11.4. The van der Waals surface area contributed by atoms with E-state index in [1.54, 1.807) is 25.4 Å². The molecule has 0 bridgehead atoms. The minimum atomic E-state index is 0.0435. The van der Waals surface area contributed by atoms with Crippen LogP contribution < -0.4 is 10.1 Å². The fourth-order valence-corrected chi connectivity index (χ4v) is 1.21. The Morgan fingerprint density at radius 2 is 2.43 bits per heavy atom. The Bertz CT molecular complexity index is 348. The maximum absolute atomic E-state index is 11.4. The van der Waals surface area contributed by atoms with Gasteiger partial charge in [-0.3, -0.25) is 4.79 Å². The SMILES string of the molecule is COc1cccnc1NC(=O)C1CC1. The van der Waals surface area contributed by atoms with Crippen LogP contribution in [0.1, 0.15) is 12.8 Å². The van der Waals surface area contributed by atoms with Gasteiger partial charge in [-0.25, -0.2) is 4.98 Å². The third kappa shape index (κ3) is 1.84. The zero-order valence-electron chi connectivity index (χ0n) is 7.99. The molecule has 1 fully saturated rings. The molecule has 4 heteroatoms. The van der Waals surface area contributed by atoms with Crippen LogP contribution in [0.4, 0.5) is 5.82 Å². The molecule has 74 valence electrons. The molecule has 4 nitrogen and oxygen atoms in total. The molecule has 1 saturated carbocycles. The zero-order valence-corrected chi connectivity index (χ0v) is 7.99. The van der Waals surface area contributed by atoms with Crippen LogP contribution in [0, 0.1) is 5.92 Å². The van der Waals surface area contributed by atoms with E-state index in [9.17, 15) is 4.79 Å². The largest absolute Gasteiger partial charge is 0.493 e. The molecule has 0 unspecified atom stereocenters. The number of pyridine rings is 1. The highest BCUT2D eigenvalue weighted by Gasteiger charge is 2.30. The lowest BCUT2D eigenvalue weighted by Crippen LogP contribution is -2.14. The molecule has 0 saturated heterocycles. The van der Waals surface area contributed by atoms with Crippen LogP contribution >= 0.6 is 0 Å². The number of rotatable bonds is 3. The standard InChI is InChI=1S/C10H12N2O2/c1-14-8-3-2-6-11-9(8)12-10(13)7-4-5-7/h2-3,6-7H,4-5H2,1H3,(H,11,12,13). The molecule has 1 aromatic rings. The predicted octanol–water partition coefficient (Wildman–Crippen LogP) is 1.44. The van der Waals surface area contributed by atoms with Crippen molar-refractivity contribution >= 4 is 11.7 Å². The quantitative estimate of drug-likeness (QED) is 0.788. The highest BCUT2D eigenvalue weighted by atomic mass is 16.5. The zero-order chi connectivity index (χ0) is 9.97. The van der Waals surface area contributed by atoms with Gasteiger partial charge in [0.1, 0.15) is 0 Å². The second kappa shape index (κ2) is 3.65. The third-order valence-electron chi connectivity index (χ3n) is 2.18. The molecule has 2 rings (SSSR count). The summed E-state index contributed by atoms with van der Waals surface area (Å²) in [6.07, 6.45) is 3.60. The molecule has 0 aliphatic heterocycles. The van der Waals surface area contributed by atoms with Crippen molar-refractivity contribution in [1.29, 1.82) is 0 Å². The fraction of sp³-hybridized carbons (Fsp3) is 0.400. The summed E-state index contributed by atoms with van der Waals surface area (Å²) in [4.78, 5) is 15.5. The summed E-state index contributed by atoms with van der Waals surface area (Å²) >= 11 is 0. The van der Waals surface area contributed by atoms with Crippen molar-refractivity contribution in [2.24, 2.45) is 5.92 Å². The van der Waals surface area contributed by atoms with E-state index in [-0.39, 0.29) is 11.8 Å². The Balaban J connectivity index is 2.10. The maximum Gasteiger partial charge on any atom is 0.228 e. The smallest absolute Gasteiger partial charge is 0.228 e. The molecule has 1 N–H and O–H groups in total. The summed E-state index contributed by atoms with van der Waals surface area (Å²) in [5.41, 5.74) is 0. The van der Waals surface area contributed by atoms with Crippen LogP contribution in [0.15, 0.2) is 18.3 Å². The monoisotopic (exact) mass is 192 g/mol. The number of amides is 1. The van der Waals surface area contributed by atoms with E-state index in [0.29, 0.717) is 11.6 Å². The number of hydrogen-bond donors (Lipinski definition) is 1. The Kier molecular flexibility index (Phi) is 2.35. The van der Waals surface area contributed by atoms with Crippen molar-refractivity contribution < 1.29 is 9.53 Å². The number of nitrogens with zero attached hydrogens (tertiary/aromatic N) is 1. The normalized spacial score (nSPS) is 14.9. The van der Waals surface area contributed by atoms with Crippen molar-refractivity contribution in [1.82, 2.24) is 4.98 Å². The van der Waals surface area contributed by atoms with E-state index in [4.69, 9.17) is 4.74 Å². The van der Waals surface area contributed by atoms with Gasteiger partial charge < -0.3 is 10.1 Å². The lowest BCUT2D eigenvalue weighted by Gasteiger charge is -2.07. The summed E-state index contributed by atoms with van der Waals surface area (Å²) < 4.78 is 5.07. The van der Waals surface area contributed by atoms with Gasteiger partial charge in [0.15, 0.2) is 11.6 Å². The Morgan fingerprint density at radius 1 is 1.64 bits per heavy atom. The first kappa shape index (κ1) is 8.99. The molecule has 0 aromatic carbocycles. The van der Waals surface area contributed by atoms with E-state index < -0.39 is 0 Å². The van der Waals surface area contributed by atoms with E-state index in [2.05, 4.69) is 10.3 Å². The van der Waals surface area contributed by atoms with Gasteiger partial charge in [-0.1, -0.05) is 0 Å². The molecule has 0 spiro atoms. The highest BCUT2D eigenvalue weighted by Crippen LogP contribution is 2.31. The molecule has 0 atom stereocenters. The minimum absolute atomic E-state index is 0.0435. The van der Waals surface area contributed by atoms with Gasteiger partial charge in [-0.05, 0) is 25.0 Å². The second-order valence-corrected chi connectivity index (χ2v) is 3.32. The van der Waals surface area contributed by atoms with Crippen LogP contribution in [0.25, 0.3) is 0 Å². The van der Waals surface area contributed by atoms with Crippen LogP contribution in [0.2, 0.25) is 0 Å². The molecule has 1 aliphatic rings. The fourth-order valence-electron chi connectivity index (χ4n) is 1.21. The van der Waals surface area contributed by atoms with Crippen molar-refractivity contribution in [2.45, 2.75) is 12.8 Å². The van der Waals surface area contributed by atoms with E-state index >= 15 is 0 Å². The lowest BCUT2D eigenvalue weighted by molar-refractivity contribution is -0.117. The number of carbonyl (C=O) groups excluding carboxylic acids is 1. The van der Waals surface area contributed by atoms with Gasteiger partial charge in [0, 0.05) is 12.1 Å². The van der Waals surface area contributed by atoms with Crippen LogP contribution in [-0.4, -0.2) is 18.0 Å². The lowest BCUT2D eigenvalue weighted by atomic mass is 10.3. The number of anilines is 1. The molecule has 14 heavy (non-hydrogen) atoms. The first-order chi connectivity index (χ1) is 6.81. The van der Waals surface area contributed by atoms with E-state index in [1.165, 1.54) is 0 Å². The number of aromatic nitrogens is 1. The van der Waals surface area contributed by atoms with E-state index in [1.807, 2.05) is 0 Å². The number of hydrogen-bond acceptors (Lipinski definition) is 3. The molecule has 1 heterocycles. The number of nitrogens with one attached hydrogen (secondary N) is 1. The summed E-state index contributed by atoms with van der Waals surface area (Å²) in [7, 11) is 1.56. The summed E-state index contributed by atoms with van der Waals surface area (Å²) in [5, 5.41) is 2.75. The summed E-state index contributed by atoms with van der Waals surface area (Å²) in [6.45, 7) is 0. The second-order valence-electron chi connectivity index (χ2n) is 3.32.